The van der Waals surface area contributed by atoms with Gasteiger partial charge in [-0.1, -0.05) is 70.6 Å². The second-order valence-electron chi connectivity index (χ2n) is 24.2. The summed E-state index contributed by atoms with van der Waals surface area (Å²) in [7, 11) is 0. The molecule has 4 heteroatoms. The summed E-state index contributed by atoms with van der Waals surface area (Å²) in [6.45, 7) is 0. The molecule has 0 amide bonds. The Morgan fingerprint density at radius 3 is 1.59 bits per heavy atom. The highest BCUT2D eigenvalue weighted by atomic mass is 32.2. The minimum Gasteiger partial charge on any atom is -0.374 e. The van der Waals surface area contributed by atoms with Crippen molar-refractivity contribution in [3.8, 4) is 0 Å². The Bertz CT molecular complexity index is 1360. The van der Waals surface area contributed by atoms with E-state index in [1.165, 1.54) is 83.5 Å². The van der Waals surface area contributed by atoms with E-state index in [0.717, 1.165) is 110 Å². The van der Waals surface area contributed by atoms with Crippen molar-refractivity contribution in [1.82, 2.24) is 4.90 Å². The maximum absolute atomic E-state index is 6.89. The number of rotatable bonds is 6. The van der Waals surface area contributed by atoms with E-state index in [0.29, 0.717) is 12.2 Å². The van der Waals surface area contributed by atoms with Crippen molar-refractivity contribution >= 4 is 23.5 Å². The van der Waals surface area contributed by atoms with Crippen LogP contribution in [0.2, 0.25) is 0 Å². The Morgan fingerprint density at radius 2 is 0.828 bits per heavy atom. The van der Waals surface area contributed by atoms with Crippen molar-refractivity contribution < 1.29 is 4.74 Å². The summed E-state index contributed by atoms with van der Waals surface area (Å²) in [4.78, 5) is 3.38. The summed E-state index contributed by atoms with van der Waals surface area (Å²) in [6, 6.07) is 2.70. The molecule has 0 radical (unpaired) electrons. The van der Waals surface area contributed by atoms with Crippen molar-refractivity contribution in [3.63, 3.8) is 0 Å². The standard InChI is InChI=1S/C54H87NOS2/c1-2-10-34(11-3-1)35-20-26-38(27-21-35)55(39-28-22-36(23-29-39)41-14-9-18-48-51(41)45-12-4-6-17-47(45)56-48)40-30-24-37(25-31-40)42-15-8-16-43-44-32-33-50-52(54(44)58-53(42)43)46-13-5-7-19-49(46)57-50/h34-54H,1-33H2. The van der Waals surface area contributed by atoms with Crippen LogP contribution in [-0.2, 0) is 4.74 Å². The molecular weight excluding hydrogens is 743 g/mol. The maximum atomic E-state index is 6.89. The zero-order valence-electron chi connectivity index (χ0n) is 37.1. The van der Waals surface area contributed by atoms with Crippen LogP contribution in [0.5, 0.6) is 0 Å². The molecule has 12 aliphatic rings. The Labute approximate surface area is 365 Å². The van der Waals surface area contributed by atoms with E-state index in [2.05, 4.69) is 28.4 Å². The van der Waals surface area contributed by atoms with Gasteiger partial charge in [-0.3, -0.25) is 4.90 Å². The Morgan fingerprint density at radius 1 is 0.293 bits per heavy atom. The largest absolute Gasteiger partial charge is 0.374 e. The highest BCUT2D eigenvalue weighted by Crippen LogP contribution is 2.66. The molecule has 0 aromatic heterocycles. The molecule has 0 N–H and O–H groups in total. The normalized spacial score (nSPS) is 53.5. The number of hydrogen-bond acceptors (Lipinski definition) is 4. The predicted molar refractivity (Wildman–Crippen MR) is 246 cm³/mol. The molecule has 9 saturated carbocycles. The highest BCUT2D eigenvalue weighted by molar-refractivity contribution is 8.02. The Hall–Kier alpha value is 0.620. The van der Waals surface area contributed by atoms with E-state index in [1.807, 2.05) is 0 Å². The number of hydrogen-bond donors (Lipinski definition) is 0. The molecule has 2 nitrogen and oxygen atoms in total. The Kier molecular flexibility index (Phi) is 12.1. The fourth-order valence-electron chi connectivity index (χ4n) is 19.6. The van der Waals surface area contributed by atoms with E-state index < -0.39 is 0 Å². The first kappa shape index (κ1) is 40.2. The first-order valence-corrected chi connectivity index (χ1v) is 29.4. The van der Waals surface area contributed by atoms with Crippen LogP contribution in [0, 0.1) is 71.0 Å². The molecule has 0 bridgehead atoms. The predicted octanol–water partition coefficient (Wildman–Crippen LogP) is 14.5. The smallest absolute Gasteiger partial charge is 0.0613 e. The summed E-state index contributed by atoms with van der Waals surface area (Å²) < 4.78 is 6.89. The van der Waals surface area contributed by atoms with Gasteiger partial charge in [0.15, 0.2) is 0 Å². The van der Waals surface area contributed by atoms with Crippen molar-refractivity contribution in [2.75, 3.05) is 0 Å². The average molecular weight is 830 g/mol. The van der Waals surface area contributed by atoms with Gasteiger partial charge in [0.25, 0.3) is 0 Å². The lowest BCUT2D eigenvalue weighted by Gasteiger charge is -2.52. The molecule has 3 aliphatic heterocycles. The number of thioether (sulfide) groups is 2. The van der Waals surface area contributed by atoms with E-state index in [1.54, 1.807) is 128 Å². The van der Waals surface area contributed by atoms with Gasteiger partial charge in [-0.05, 0) is 212 Å². The summed E-state index contributed by atoms with van der Waals surface area (Å²) in [5, 5.41) is 4.16. The molecule has 14 unspecified atom stereocenters. The van der Waals surface area contributed by atoms with Crippen LogP contribution < -0.4 is 0 Å². The van der Waals surface area contributed by atoms with Gasteiger partial charge in [-0.25, -0.2) is 0 Å². The third-order valence-corrected chi connectivity index (χ3v) is 25.8. The van der Waals surface area contributed by atoms with Crippen LogP contribution in [0.15, 0.2) is 0 Å². The van der Waals surface area contributed by atoms with Crippen LogP contribution in [0.25, 0.3) is 0 Å². The molecule has 9 aliphatic carbocycles. The Balaban J connectivity index is 0.721. The molecule has 0 spiro atoms. The molecule has 0 aromatic rings. The molecule has 14 atom stereocenters. The zero-order valence-corrected chi connectivity index (χ0v) is 38.8. The third kappa shape index (κ3) is 7.42. The molecule has 3 heterocycles. The molecule has 12 rings (SSSR count). The molecule has 0 aromatic carbocycles. The summed E-state index contributed by atoms with van der Waals surface area (Å²) in [6.07, 6.45) is 51.9. The molecule has 58 heavy (non-hydrogen) atoms. The van der Waals surface area contributed by atoms with E-state index in [4.69, 9.17) is 4.74 Å². The average Bonchev–Trinajstić information content (AvgIpc) is 3.99. The SMILES string of the molecule is C1CCC(C2CCC(N(C3CCC(C4CCCC5C6CCC7SC8CCCCC8C7C6SC45)CC3)C3CCC(C4CCCC5OC6CCCCC6C54)CC3)CC2)CC1. The van der Waals surface area contributed by atoms with Crippen LogP contribution in [-0.4, -0.2) is 56.2 Å². The quantitative estimate of drug-likeness (QED) is 0.264. The van der Waals surface area contributed by atoms with E-state index in [-0.39, 0.29) is 0 Å². The highest BCUT2D eigenvalue weighted by Gasteiger charge is 2.60. The van der Waals surface area contributed by atoms with Gasteiger partial charge in [-0.15, -0.1) is 0 Å². The van der Waals surface area contributed by atoms with Crippen LogP contribution in [0.3, 0.4) is 0 Å². The maximum Gasteiger partial charge on any atom is 0.0613 e. The lowest BCUT2D eigenvalue weighted by molar-refractivity contribution is -0.0272. The van der Waals surface area contributed by atoms with Crippen molar-refractivity contribution in [2.45, 2.75) is 263 Å². The van der Waals surface area contributed by atoms with E-state index in [9.17, 15) is 0 Å². The van der Waals surface area contributed by atoms with Gasteiger partial charge >= 0.3 is 0 Å². The van der Waals surface area contributed by atoms with Gasteiger partial charge in [0.2, 0.25) is 0 Å². The summed E-state index contributed by atoms with van der Waals surface area (Å²) >= 11 is 5.18. The number of ether oxygens (including phenoxy) is 1. The van der Waals surface area contributed by atoms with Crippen LogP contribution >= 0.6 is 23.5 Å². The molecule has 326 valence electrons. The zero-order chi connectivity index (χ0) is 38.2. The molecular formula is C54H87NOS2. The summed E-state index contributed by atoms with van der Waals surface area (Å²) in [5.74, 6) is 12.4. The lowest BCUT2D eigenvalue weighted by atomic mass is 9.61. The van der Waals surface area contributed by atoms with Crippen LogP contribution in [0.1, 0.15) is 212 Å². The third-order valence-electron chi connectivity index (χ3n) is 22.0. The second kappa shape index (κ2) is 17.5. The molecule has 3 saturated heterocycles. The fraction of sp³-hybridized carbons (Fsp3) is 1.00. The van der Waals surface area contributed by atoms with Gasteiger partial charge in [0, 0.05) is 39.1 Å². The minimum atomic E-state index is 0.629. The minimum absolute atomic E-state index is 0.629. The first-order chi connectivity index (χ1) is 28.7. The fourth-order valence-corrected chi connectivity index (χ4v) is 24.4. The van der Waals surface area contributed by atoms with Gasteiger partial charge in [0.1, 0.15) is 0 Å². The number of fused-ring (bicyclic) bond motifs is 10. The lowest BCUT2D eigenvalue weighted by Crippen LogP contribution is -2.53. The van der Waals surface area contributed by atoms with Gasteiger partial charge in [-0.2, -0.15) is 23.5 Å². The topological polar surface area (TPSA) is 12.5 Å². The van der Waals surface area contributed by atoms with E-state index >= 15 is 0 Å². The van der Waals surface area contributed by atoms with Gasteiger partial charge in [0.05, 0.1) is 12.2 Å². The van der Waals surface area contributed by atoms with Crippen molar-refractivity contribution in [3.05, 3.63) is 0 Å². The van der Waals surface area contributed by atoms with Gasteiger partial charge < -0.3 is 4.74 Å². The summed E-state index contributed by atoms with van der Waals surface area (Å²) in [5.41, 5.74) is 0. The first-order valence-electron chi connectivity index (χ1n) is 27.5. The molecule has 12 fully saturated rings. The number of nitrogens with zero attached hydrogens (tertiary/aromatic N) is 1. The van der Waals surface area contributed by atoms with Crippen LogP contribution in [0.4, 0.5) is 0 Å². The van der Waals surface area contributed by atoms with Crippen molar-refractivity contribution in [1.29, 1.82) is 0 Å². The van der Waals surface area contributed by atoms with Crippen molar-refractivity contribution in [2.24, 2.45) is 71.0 Å². The monoisotopic (exact) mass is 830 g/mol. The second-order valence-corrected chi connectivity index (χ2v) is 27.0.